The number of rotatable bonds is 9. The summed E-state index contributed by atoms with van der Waals surface area (Å²) in [4.78, 5) is 15.2. The number of methoxy groups -OCH3 is 1. The Labute approximate surface area is 203 Å². The van der Waals surface area contributed by atoms with Gasteiger partial charge in [-0.15, -0.1) is 0 Å². The molecule has 3 aromatic carbocycles. The molecule has 0 aromatic heterocycles. The van der Waals surface area contributed by atoms with E-state index in [0.29, 0.717) is 40.5 Å². The third-order valence-electron chi connectivity index (χ3n) is 4.91. The number of para-hydroxylation sites is 1. The van der Waals surface area contributed by atoms with Gasteiger partial charge in [0, 0.05) is 5.56 Å². The van der Waals surface area contributed by atoms with E-state index in [2.05, 4.69) is 0 Å². The highest BCUT2D eigenvalue weighted by molar-refractivity contribution is 8.26. The Bertz CT molecular complexity index is 1150. The molecule has 1 heterocycles. The average molecular weight is 478 g/mol. The molecule has 1 saturated heterocycles. The lowest BCUT2D eigenvalue weighted by atomic mass is 10.1. The fraction of sp³-hybridized carbons (Fsp3) is 0.154. The second-order valence-corrected chi connectivity index (χ2v) is 8.84. The van der Waals surface area contributed by atoms with E-state index in [1.165, 1.54) is 11.8 Å². The Kier molecular flexibility index (Phi) is 7.65. The lowest BCUT2D eigenvalue weighted by molar-refractivity contribution is -0.122. The predicted octanol–water partition coefficient (Wildman–Crippen LogP) is 5.55. The van der Waals surface area contributed by atoms with Crippen LogP contribution in [0.3, 0.4) is 0 Å². The Hall–Kier alpha value is -3.29. The molecular formula is C26H23NO4S2. The summed E-state index contributed by atoms with van der Waals surface area (Å²) in [7, 11) is 1.60. The summed E-state index contributed by atoms with van der Waals surface area (Å²) in [6, 6.07) is 24.9. The van der Waals surface area contributed by atoms with E-state index < -0.39 is 0 Å². The van der Waals surface area contributed by atoms with Gasteiger partial charge in [0.05, 0.1) is 18.6 Å². The lowest BCUT2D eigenvalue weighted by Gasteiger charge is -2.14. The van der Waals surface area contributed by atoms with Crippen LogP contribution in [0.4, 0.5) is 0 Å². The zero-order chi connectivity index (χ0) is 23.0. The number of nitrogens with zero attached hydrogens (tertiary/aromatic N) is 1. The van der Waals surface area contributed by atoms with Gasteiger partial charge in [0.25, 0.3) is 5.91 Å². The largest absolute Gasteiger partial charge is 0.497 e. The molecule has 0 bridgehead atoms. The first-order chi connectivity index (χ1) is 16.1. The predicted molar refractivity (Wildman–Crippen MR) is 136 cm³/mol. The van der Waals surface area contributed by atoms with Gasteiger partial charge in [-0.3, -0.25) is 9.69 Å². The Morgan fingerprint density at radius 1 is 0.909 bits per heavy atom. The minimum Gasteiger partial charge on any atom is -0.497 e. The van der Waals surface area contributed by atoms with Crippen molar-refractivity contribution in [1.82, 2.24) is 4.90 Å². The van der Waals surface area contributed by atoms with Crippen molar-refractivity contribution in [2.24, 2.45) is 0 Å². The number of thiocarbonyl (C=S) groups is 1. The maximum atomic E-state index is 13.1. The zero-order valence-electron chi connectivity index (χ0n) is 18.1. The third kappa shape index (κ3) is 5.94. The van der Waals surface area contributed by atoms with Crippen LogP contribution in [0.5, 0.6) is 17.2 Å². The minimum atomic E-state index is -0.116. The molecule has 5 nitrogen and oxygen atoms in total. The van der Waals surface area contributed by atoms with E-state index in [-0.39, 0.29) is 5.91 Å². The van der Waals surface area contributed by atoms with Gasteiger partial charge in [0.1, 0.15) is 34.8 Å². The number of ether oxygens (including phenoxy) is 3. The maximum Gasteiger partial charge on any atom is 0.266 e. The highest BCUT2D eigenvalue weighted by atomic mass is 32.2. The molecule has 3 aromatic rings. The molecule has 0 unspecified atom stereocenters. The van der Waals surface area contributed by atoms with Crippen LogP contribution in [0.25, 0.3) is 6.08 Å². The first kappa shape index (κ1) is 22.9. The van der Waals surface area contributed by atoms with Gasteiger partial charge in [0.2, 0.25) is 0 Å². The van der Waals surface area contributed by atoms with E-state index in [4.69, 9.17) is 26.4 Å². The molecular weight excluding hydrogens is 454 g/mol. The van der Waals surface area contributed by atoms with Gasteiger partial charge >= 0.3 is 0 Å². The van der Waals surface area contributed by atoms with Crippen molar-refractivity contribution in [3.05, 3.63) is 94.9 Å². The van der Waals surface area contributed by atoms with Crippen molar-refractivity contribution >= 4 is 40.3 Å². The summed E-state index contributed by atoms with van der Waals surface area (Å²) >= 11 is 6.77. The smallest absolute Gasteiger partial charge is 0.266 e. The number of carbonyl (C=O) groups excluding carboxylic acids is 1. The summed E-state index contributed by atoms with van der Waals surface area (Å²) < 4.78 is 17.6. The first-order valence-electron chi connectivity index (χ1n) is 10.4. The standard InChI is InChI=1S/C26H23NO4S2/c1-29-22-12-13-23(31-15-14-30-21-10-6-3-7-11-21)20(16-22)17-24-25(28)27(26(32)33-24)18-19-8-4-2-5-9-19/h2-13,16-17H,14-15,18H2,1H3. The SMILES string of the molecule is COc1ccc(OCCOc2ccccc2)c(C=C2SC(=S)N(Cc3ccccc3)C2=O)c1. The highest BCUT2D eigenvalue weighted by Crippen LogP contribution is 2.36. The molecule has 168 valence electrons. The molecule has 0 radical (unpaired) electrons. The Morgan fingerprint density at radius 2 is 1.61 bits per heavy atom. The second-order valence-electron chi connectivity index (χ2n) is 7.17. The van der Waals surface area contributed by atoms with Crippen LogP contribution in [0.15, 0.2) is 83.8 Å². The molecule has 33 heavy (non-hydrogen) atoms. The van der Waals surface area contributed by atoms with E-state index in [9.17, 15) is 4.79 Å². The monoisotopic (exact) mass is 477 g/mol. The lowest BCUT2D eigenvalue weighted by Crippen LogP contribution is -2.27. The third-order valence-corrected chi connectivity index (χ3v) is 6.29. The van der Waals surface area contributed by atoms with Crippen molar-refractivity contribution in [3.63, 3.8) is 0 Å². The normalized spacial score (nSPS) is 14.6. The van der Waals surface area contributed by atoms with Crippen molar-refractivity contribution < 1.29 is 19.0 Å². The molecule has 0 aliphatic carbocycles. The van der Waals surface area contributed by atoms with E-state index in [1.807, 2.05) is 78.9 Å². The molecule has 1 aliphatic heterocycles. The molecule has 0 atom stereocenters. The summed E-state index contributed by atoms with van der Waals surface area (Å²) in [5.74, 6) is 1.99. The number of carbonyl (C=O) groups is 1. The van der Waals surface area contributed by atoms with Gasteiger partial charge in [0.15, 0.2) is 0 Å². The van der Waals surface area contributed by atoms with Crippen molar-refractivity contribution in [2.75, 3.05) is 20.3 Å². The molecule has 1 fully saturated rings. The Morgan fingerprint density at radius 3 is 2.33 bits per heavy atom. The van der Waals surface area contributed by atoms with E-state index in [1.54, 1.807) is 18.1 Å². The van der Waals surface area contributed by atoms with Crippen molar-refractivity contribution in [1.29, 1.82) is 0 Å². The summed E-state index contributed by atoms with van der Waals surface area (Å²) in [6.07, 6.45) is 1.81. The van der Waals surface area contributed by atoms with Gasteiger partial charge in [-0.05, 0) is 42.0 Å². The van der Waals surface area contributed by atoms with Crippen LogP contribution < -0.4 is 14.2 Å². The van der Waals surface area contributed by atoms with Crippen LogP contribution in [-0.2, 0) is 11.3 Å². The molecule has 7 heteroatoms. The fourth-order valence-corrected chi connectivity index (χ4v) is 4.52. The van der Waals surface area contributed by atoms with Crippen LogP contribution in [0, 0.1) is 0 Å². The van der Waals surface area contributed by atoms with E-state index in [0.717, 1.165) is 16.9 Å². The summed E-state index contributed by atoms with van der Waals surface area (Å²) in [6.45, 7) is 1.20. The topological polar surface area (TPSA) is 48.0 Å². The molecule has 0 saturated carbocycles. The van der Waals surface area contributed by atoms with Crippen LogP contribution in [0.1, 0.15) is 11.1 Å². The molecule has 4 rings (SSSR count). The fourth-order valence-electron chi connectivity index (χ4n) is 3.27. The number of benzene rings is 3. The van der Waals surface area contributed by atoms with Crippen molar-refractivity contribution in [3.8, 4) is 17.2 Å². The maximum absolute atomic E-state index is 13.1. The zero-order valence-corrected chi connectivity index (χ0v) is 19.7. The minimum absolute atomic E-state index is 0.116. The first-order valence-corrected chi connectivity index (χ1v) is 11.6. The van der Waals surface area contributed by atoms with Crippen LogP contribution in [-0.4, -0.2) is 35.5 Å². The second kappa shape index (κ2) is 11.0. The average Bonchev–Trinajstić information content (AvgIpc) is 3.11. The Balaban J connectivity index is 1.47. The summed E-state index contributed by atoms with van der Waals surface area (Å²) in [5.41, 5.74) is 1.77. The van der Waals surface area contributed by atoms with Crippen LogP contribution >= 0.6 is 24.0 Å². The quantitative estimate of drug-likeness (QED) is 0.229. The van der Waals surface area contributed by atoms with Gasteiger partial charge < -0.3 is 14.2 Å². The molecule has 1 amide bonds. The number of hydrogen-bond acceptors (Lipinski definition) is 6. The number of thioether (sulfide) groups is 1. The van der Waals surface area contributed by atoms with E-state index >= 15 is 0 Å². The molecule has 0 spiro atoms. The molecule has 0 N–H and O–H groups in total. The van der Waals surface area contributed by atoms with Crippen LogP contribution in [0.2, 0.25) is 0 Å². The van der Waals surface area contributed by atoms with Gasteiger partial charge in [-0.1, -0.05) is 72.5 Å². The summed E-state index contributed by atoms with van der Waals surface area (Å²) in [5, 5.41) is 0. The van der Waals surface area contributed by atoms with Crippen molar-refractivity contribution in [2.45, 2.75) is 6.54 Å². The van der Waals surface area contributed by atoms with Gasteiger partial charge in [-0.25, -0.2) is 0 Å². The molecule has 1 aliphatic rings. The number of hydrogen-bond donors (Lipinski definition) is 0. The van der Waals surface area contributed by atoms with Gasteiger partial charge in [-0.2, -0.15) is 0 Å². The number of amides is 1. The highest BCUT2D eigenvalue weighted by Gasteiger charge is 2.32.